The van der Waals surface area contributed by atoms with Gasteiger partial charge in [-0.3, -0.25) is 9.36 Å². The van der Waals surface area contributed by atoms with Crippen LogP contribution in [0.25, 0.3) is 16.6 Å². The van der Waals surface area contributed by atoms with E-state index in [9.17, 15) is 4.79 Å². The number of hydrogen-bond acceptors (Lipinski definition) is 4. The van der Waals surface area contributed by atoms with Gasteiger partial charge >= 0.3 is 0 Å². The fourth-order valence-corrected chi connectivity index (χ4v) is 4.13. The number of nitrogens with zero attached hydrogens (tertiary/aromatic N) is 4. The Morgan fingerprint density at radius 3 is 2.83 bits per heavy atom. The van der Waals surface area contributed by atoms with Gasteiger partial charge in [0.15, 0.2) is 5.16 Å². The van der Waals surface area contributed by atoms with E-state index >= 15 is 0 Å². The average molecular weight is 420 g/mol. The predicted octanol–water partition coefficient (Wildman–Crippen LogP) is 4.14. The van der Waals surface area contributed by atoms with Crippen LogP contribution in [0.1, 0.15) is 17.5 Å². The molecule has 0 saturated heterocycles. The Morgan fingerprint density at radius 1 is 1.10 bits per heavy atom. The molecular weight excluding hydrogens is 394 g/mol. The molecule has 0 bridgehead atoms. The lowest BCUT2D eigenvalue weighted by Gasteiger charge is -2.09. The van der Waals surface area contributed by atoms with Gasteiger partial charge in [0.25, 0.3) is 0 Å². The number of aryl methyl sites for hydroxylation is 3. The molecule has 6 nitrogen and oxygen atoms in total. The fourth-order valence-electron chi connectivity index (χ4n) is 3.37. The molecular formula is C23H25N5OS. The molecule has 0 unspecified atom stereocenters. The minimum atomic E-state index is 0.00648. The van der Waals surface area contributed by atoms with Gasteiger partial charge in [0.2, 0.25) is 5.91 Å². The van der Waals surface area contributed by atoms with Crippen LogP contribution in [0, 0.1) is 13.8 Å². The molecule has 154 valence electrons. The highest BCUT2D eigenvalue weighted by molar-refractivity contribution is 7.99. The predicted molar refractivity (Wildman–Crippen MR) is 121 cm³/mol. The third kappa shape index (κ3) is 4.57. The number of nitrogens with one attached hydrogen (secondary N) is 1. The number of fused-ring (bicyclic) bond motifs is 1. The highest BCUT2D eigenvalue weighted by atomic mass is 32.2. The van der Waals surface area contributed by atoms with E-state index in [1.807, 2.05) is 16.7 Å². The van der Waals surface area contributed by atoms with Crippen molar-refractivity contribution in [1.82, 2.24) is 24.6 Å². The number of thioether (sulfide) groups is 1. The monoisotopic (exact) mass is 419 g/mol. The normalized spacial score (nSPS) is 11.1. The summed E-state index contributed by atoms with van der Waals surface area (Å²) in [5.74, 6) is 0.322. The number of benzene rings is 2. The van der Waals surface area contributed by atoms with Crippen molar-refractivity contribution in [2.45, 2.75) is 32.0 Å². The van der Waals surface area contributed by atoms with Crippen LogP contribution in [0.4, 0.5) is 0 Å². The largest absolute Gasteiger partial charge is 0.355 e. The Balaban J connectivity index is 1.25. The van der Waals surface area contributed by atoms with Crippen LogP contribution in [0.15, 0.2) is 66.2 Å². The smallest absolute Gasteiger partial charge is 0.230 e. The van der Waals surface area contributed by atoms with E-state index < -0.39 is 0 Å². The number of carbonyl (C=O) groups is 1. The molecule has 0 radical (unpaired) electrons. The molecule has 0 aliphatic heterocycles. The van der Waals surface area contributed by atoms with Crippen molar-refractivity contribution in [3.8, 4) is 5.69 Å². The maximum Gasteiger partial charge on any atom is 0.230 e. The maximum atomic E-state index is 12.3. The number of carbonyl (C=O) groups excluding carboxylic acids is 1. The van der Waals surface area contributed by atoms with E-state index in [0.717, 1.165) is 18.7 Å². The van der Waals surface area contributed by atoms with E-state index in [1.165, 1.54) is 33.8 Å². The van der Waals surface area contributed by atoms with Crippen molar-refractivity contribution >= 4 is 28.6 Å². The van der Waals surface area contributed by atoms with Crippen molar-refractivity contribution in [2.24, 2.45) is 0 Å². The first-order valence-electron chi connectivity index (χ1n) is 10.0. The van der Waals surface area contributed by atoms with E-state index in [1.54, 1.807) is 6.33 Å². The van der Waals surface area contributed by atoms with Crippen molar-refractivity contribution in [2.75, 3.05) is 12.3 Å². The van der Waals surface area contributed by atoms with E-state index in [-0.39, 0.29) is 5.91 Å². The molecule has 0 spiro atoms. The Labute approximate surface area is 180 Å². The average Bonchev–Trinajstić information content (AvgIpc) is 3.39. The number of hydrogen-bond donors (Lipinski definition) is 1. The van der Waals surface area contributed by atoms with Gasteiger partial charge in [-0.25, -0.2) is 0 Å². The molecule has 2 aromatic heterocycles. The van der Waals surface area contributed by atoms with Gasteiger partial charge in [-0.2, -0.15) is 0 Å². The molecule has 4 aromatic rings. The Morgan fingerprint density at radius 2 is 1.97 bits per heavy atom. The highest BCUT2D eigenvalue weighted by Gasteiger charge is 2.10. The summed E-state index contributed by atoms with van der Waals surface area (Å²) in [6.45, 7) is 5.70. The molecule has 30 heavy (non-hydrogen) atoms. The minimum Gasteiger partial charge on any atom is -0.355 e. The molecule has 0 aliphatic rings. The molecule has 0 aliphatic carbocycles. The maximum absolute atomic E-state index is 12.3. The SMILES string of the molecule is Cc1ccc(-n2cnnc2SCC(=O)NCCCn2ccc3ccccc32)cc1C. The number of rotatable bonds is 8. The van der Waals surface area contributed by atoms with Crippen LogP contribution in [0.5, 0.6) is 0 Å². The fraction of sp³-hybridized carbons (Fsp3) is 0.261. The van der Waals surface area contributed by atoms with E-state index in [0.29, 0.717) is 17.5 Å². The summed E-state index contributed by atoms with van der Waals surface area (Å²) < 4.78 is 4.14. The van der Waals surface area contributed by atoms with Gasteiger partial charge in [0.05, 0.1) is 5.75 Å². The third-order valence-corrected chi connectivity index (χ3v) is 6.14. The lowest BCUT2D eigenvalue weighted by molar-refractivity contribution is -0.118. The summed E-state index contributed by atoms with van der Waals surface area (Å²) in [6, 6.07) is 16.7. The van der Waals surface area contributed by atoms with Gasteiger partial charge in [0.1, 0.15) is 6.33 Å². The summed E-state index contributed by atoms with van der Waals surface area (Å²) >= 11 is 1.40. The summed E-state index contributed by atoms with van der Waals surface area (Å²) in [5, 5.41) is 13.1. The van der Waals surface area contributed by atoms with Crippen molar-refractivity contribution in [3.05, 3.63) is 72.2 Å². The van der Waals surface area contributed by atoms with Gasteiger partial charge in [-0.15, -0.1) is 10.2 Å². The van der Waals surface area contributed by atoms with Gasteiger partial charge in [0, 0.05) is 30.5 Å². The van der Waals surface area contributed by atoms with Crippen LogP contribution in [0.2, 0.25) is 0 Å². The molecule has 0 saturated carbocycles. The summed E-state index contributed by atoms with van der Waals surface area (Å²) in [5.41, 5.74) is 4.69. The first-order valence-corrected chi connectivity index (χ1v) is 11.0. The number of para-hydroxylation sites is 1. The Bertz CT molecular complexity index is 1160. The number of amides is 1. The zero-order chi connectivity index (χ0) is 20.9. The van der Waals surface area contributed by atoms with E-state index in [2.05, 4.69) is 76.5 Å². The zero-order valence-corrected chi connectivity index (χ0v) is 18.0. The van der Waals surface area contributed by atoms with Crippen molar-refractivity contribution in [3.63, 3.8) is 0 Å². The zero-order valence-electron chi connectivity index (χ0n) is 17.2. The molecule has 4 rings (SSSR count). The van der Waals surface area contributed by atoms with Crippen LogP contribution in [-0.2, 0) is 11.3 Å². The second kappa shape index (κ2) is 9.17. The van der Waals surface area contributed by atoms with Crippen LogP contribution in [0.3, 0.4) is 0 Å². The Hall–Kier alpha value is -3.06. The molecule has 2 heterocycles. The minimum absolute atomic E-state index is 0.00648. The van der Waals surface area contributed by atoms with Gasteiger partial charge in [-0.05, 0) is 61.0 Å². The molecule has 1 amide bonds. The first-order chi connectivity index (χ1) is 14.6. The van der Waals surface area contributed by atoms with Gasteiger partial charge < -0.3 is 9.88 Å². The second-order valence-electron chi connectivity index (χ2n) is 7.31. The first kappa shape index (κ1) is 20.2. The lowest BCUT2D eigenvalue weighted by atomic mass is 10.1. The van der Waals surface area contributed by atoms with Crippen LogP contribution < -0.4 is 5.32 Å². The summed E-state index contributed by atoms with van der Waals surface area (Å²) in [6.07, 6.45) is 4.67. The summed E-state index contributed by atoms with van der Waals surface area (Å²) in [4.78, 5) is 12.3. The van der Waals surface area contributed by atoms with Crippen molar-refractivity contribution in [1.29, 1.82) is 0 Å². The van der Waals surface area contributed by atoms with Crippen molar-refractivity contribution < 1.29 is 4.79 Å². The second-order valence-corrected chi connectivity index (χ2v) is 8.25. The summed E-state index contributed by atoms with van der Waals surface area (Å²) in [7, 11) is 0. The van der Waals surface area contributed by atoms with E-state index in [4.69, 9.17) is 0 Å². The standard InChI is InChI=1S/C23H25N5OS/c1-17-8-9-20(14-18(17)2)28-16-25-26-23(28)30-15-22(29)24-11-5-12-27-13-10-19-6-3-4-7-21(19)27/h3-4,6-10,13-14,16H,5,11-12,15H2,1-2H3,(H,24,29). The molecule has 0 fully saturated rings. The molecule has 1 N–H and O–H groups in total. The van der Waals surface area contributed by atoms with Gasteiger partial charge in [-0.1, -0.05) is 36.0 Å². The molecule has 7 heteroatoms. The quantitative estimate of drug-likeness (QED) is 0.344. The molecule has 2 aromatic carbocycles. The topological polar surface area (TPSA) is 64.7 Å². The third-order valence-electron chi connectivity index (χ3n) is 5.20. The number of aromatic nitrogens is 4. The molecule has 0 atom stereocenters. The van der Waals surface area contributed by atoms with Crippen LogP contribution >= 0.6 is 11.8 Å². The highest BCUT2D eigenvalue weighted by Crippen LogP contribution is 2.21. The lowest BCUT2D eigenvalue weighted by Crippen LogP contribution is -2.27. The Kier molecular flexibility index (Phi) is 6.18. The van der Waals surface area contributed by atoms with Crippen LogP contribution in [-0.4, -0.2) is 37.5 Å².